The average Bonchev–Trinajstić information content (AvgIpc) is 2.36. The number of rotatable bonds is 3. The molecule has 19 heavy (non-hydrogen) atoms. The Labute approximate surface area is 114 Å². The van der Waals surface area contributed by atoms with Crippen molar-refractivity contribution in [3.63, 3.8) is 0 Å². The van der Waals surface area contributed by atoms with Crippen LogP contribution in [-0.2, 0) is 11.2 Å². The van der Waals surface area contributed by atoms with Gasteiger partial charge in [-0.05, 0) is 62.4 Å². The van der Waals surface area contributed by atoms with E-state index in [0.717, 1.165) is 30.5 Å². The van der Waals surface area contributed by atoms with E-state index in [1.165, 1.54) is 17.3 Å². The van der Waals surface area contributed by atoms with Gasteiger partial charge >= 0.3 is 5.97 Å². The number of hydrogen-bond acceptors (Lipinski definition) is 2. The zero-order valence-corrected chi connectivity index (χ0v) is 11.8. The van der Waals surface area contributed by atoms with E-state index in [9.17, 15) is 4.79 Å². The van der Waals surface area contributed by atoms with Crippen molar-refractivity contribution in [3.05, 3.63) is 35.4 Å². The minimum Gasteiger partial charge on any atom is -0.478 e. The number of anilines is 1. The van der Waals surface area contributed by atoms with Gasteiger partial charge in [-0.2, -0.15) is 0 Å². The SMILES string of the molecule is C/C(=C/C(=O)O)c1ccc2c(c1)CCCN2C(C)C. The molecule has 3 nitrogen and oxygen atoms in total. The third-order valence-electron chi connectivity index (χ3n) is 3.65. The van der Waals surface area contributed by atoms with Crippen molar-refractivity contribution >= 4 is 17.2 Å². The molecule has 3 heteroatoms. The van der Waals surface area contributed by atoms with Gasteiger partial charge in [-0.1, -0.05) is 6.07 Å². The second-order valence-electron chi connectivity index (χ2n) is 5.40. The van der Waals surface area contributed by atoms with Crippen LogP contribution in [0, 0.1) is 0 Å². The molecule has 0 saturated carbocycles. The molecule has 2 rings (SSSR count). The van der Waals surface area contributed by atoms with E-state index in [-0.39, 0.29) is 0 Å². The Kier molecular flexibility index (Phi) is 3.93. The van der Waals surface area contributed by atoms with Crippen LogP contribution in [0.1, 0.15) is 38.3 Å². The van der Waals surface area contributed by atoms with E-state index in [4.69, 9.17) is 5.11 Å². The van der Waals surface area contributed by atoms with Gasteiger partial charge in [0.1, 0.15) is 0 Å². The molecule has 0 fully saturated rings. The molecule has 0 bridgehead atoms. The number of benzene rings is 1. The van der Waals surface area contributed by atoms with Crippen LogP contribution >= 0.6 is 0 Å². The highest BCUT2D eigenvalue weighted by atomic mass is 16.4. The number of carboxylic acid groups (broad SMARTS) is 1. The lowest BCUT2D eigenvalue weighted by Crippen LogP contribution is -2.35. The first-order valence-corrected chi connectivity index (χ1v) is 6.80. The first-order chi connectivity index (χ1) is 8.99. The number of aryl methyl sites for hydroxylation is 1. The third-order valence-corrected chi connectivity index (χ3v) is 3.65. The van der Waals surface area contributed by atoms with Gasteiger partial charge in [-0.3, -0.25) is 0 Å². The molecule has 0 amide bonds. The number of allylic oxidation sites excluding steroid dienone is 1. The fraction of sp³-hybridized carbons (Fsp3) is 0.438. The topological polar surface area (TPSA) is 40.5 Å². The summed E-state index contributed by atoms with van der Waals surface area (Å²) in [5, 5.41) is 8.81. The summed E-state index contributed by atoms with van der Waals surface area (Å²) in [4.78, 5) is 13.1. The fourth-order valence-corrected chi connectivity index (χ4v) is 2.68. The summed E-state index contributed by atoms with van der Waals surface area (Å²) in [6.45, 7) is 7.37. The molecule has 102 valence electrons. The summed E-state index contributed by atoms with van der Waals surface area (Å²) in [5.74, 6) is -0.890. The second-order valence-corrected chi connectivity index (χ2v) is 5.40. The number of nitrogens with zero attached hydrogens (tertiary/aromatic N) is 1. The Morgan fingerprint density at radius 3 is 2.79 bits per heavy atom. The molecule has 1 heterocycles. The zero-order chi connectivity index (χ0) is 14.0. The first-order valence-electron chi connectivity index (χ1n) is 6.80. The average molecular weight is 259 g/mol. The van der Waals surface area contributed by atoms with Crippen molar-refractivity contribution in [2.24, 2.45) is 0 Å². The van der Waals surface area contributed by atoms with Crippen LogP contribution < -0.4 is 4.90 Å². The predicted molar refractivity (Wildman–Crippen MR) is 78.5 cm³/mol. The molecule has 1 aliphatic rings. The smallest absolute Gasteiger partial charge is 0.328 e. The summed E-state index contributed by atoms with van der Waals surface area (Å²) in [7, 11) is 0. The first kappa shape index (κ1) is 13.7. The summed E-state index contributed by atoms with van der Waals surface area (Å²) < 4.78 is 0. The predicted octanol–water partition coefficient (Wildman–Crippen LogP) is 3.34. The van der Waals surface area contributed by atoms with Gasteiger partial charge in [0.15, 0.2) is 0 Å². The van der Waals surface area contributed by atoms with Gasteiger partial charge in [0.05, 0.1) is 0 Å². The summed E-state index contributed by atoms with van der Waals surface area (Å²) in [6, 6.07) is 6.79. The van der Waals surface area contributed by atoms with Crippen LogP contribution in [0.4, 0.5) is 5.69 Å². The second kappa shape index (κ2) is 5.47. The Bertz CT molecular complexity index is 517. The van der Waals surface area contributed by atoms with Crippen molar-refractivity contribution in [2.75, 3.05) is 11.4 Å². The quantitative estimate of drug-likeness (QED) is 0.846. The van der Waals surface area contributed by atoms with E-state index in [2.05, 4.69) is 30.9 Å². The molecule has 0 radical (unpaired) electrons. The molecular weight excluding hydrogens is 238 g/mol. The van der Waals surface area contributed by atoms with Crippen LogP contribution in [-0.4, -0.2) is 23.7 Å². The Hall–Kier alpha value is -1.77. The van der Waals surface area contributed by atoms with E-state index in [1.807, 2.05) is 13.0 Å². The van der Waals surface area contributed by atoms with Gasteiger partial charge < -0.3 is 10.0 Å². The molecule has 0 aromatic heterocycles. The monoisotopic (exact) mass is 259 g/mol. The van der Waals surface area contributed by atoms with Crippen LogP contribution in [0.15, 0.2) is 24.3 Å². The highest BCUT2D eigenvalue weighted by molar-refractivity contribution is 5.89. The largest absolute Gasteiger partial charge is 0.478 e. The third kappa shape index (κ3) is 2.98. The highest BCUT2D eigenvalue weighted by Gasteiger charge is 2.19. The Morgan fingerprint density at radius 2 is 2.16 bits per heavy atom. The lowest BCUT2D eigenvalue weighted by molar-refractivity contribution is -0.131. The van der Waals surface area contributed by atoms with Gasteiger partial charge in [0.25, 0.3) is 0 Å². The Balaban J connectivity index is 2.37. The number of carboxylic acids is 1. The molecule has 1 aromatic rings. The maximum atomic E-state index is 10.7. The maximum Gasteiger partial charge on any atom is 0.328 e. The summed E-state index contributed by atoms with van der Waals surface area (Å²) in [5.41, 5.74) is 4.44. The molecule has 0 spiro atoms. The molecule has 1 aromatic carbocycles. The van der Waals surface area contributed by atoms with Crippen molar-refractivity contribution in [2.45, 2.75) is 39.7 Å². The molecule has 1 N–H and O–H groups in total. The molecular formula is C16H21NO2. The van der Waals surface area contributed by atoms with Gasteiger partial charge in [-0.25, -0.2) is 4.79 Å². The molecule has 1 aliphatic heterocycles. The highest BCUT2D eigenvalue weighted by Crippen LogP contribution is 2.31. The van der Waals surface area contributed by atoms with Crippen molar-refractivity contribution in [1.82, 2.24) is 0 Å². The van der Waals surface area contributed by atoms with Crippen molar-refractivity contribution in [1.29, 1.82) is 0 Å². The van der Waals surface area contributed by atoms with Crippen LogP contribution in [0.3, 0.4) is 0 Å². The number of hydrogen-bond donors (Lipinski definition) is 1. The number of fused-ring (bicyclic) bond motifs is 1. The van der Waals surface area contributed by atoms with E-state index >= 15 is 0 Å². The van der Waals surface area contributed by atoms with Gasteiger partial charge in [0, 0.05) is 24.4 Å². The van der Waals surface area contributed by atoms with E-state index in [0.29, 0.717) is 6.04 Å². The normalized spacial score (nSPS) is 15.6. The summed E-state index contributed by atoms with van der Waals surface area (Å²) in [6.07, 6.45) is 3.51. The van der Waals surface area contributed by atoms with Crippen LogP contribution in [0.2, 0.25) is 0 Å². The molecule has 0 atom stereocenters. The van der Waals surface area contributed by atoms with Crippen LogP contribution in [0.5, 0.6) is 0 Å². The maximum absolute atomic E-state index is 10.7. The molecule has 0 saturated heterocycles. The summed E-state index contributed by atoms with van der Waals surface area (Å²) >= 11 is 0. The van der Waals surface area contributed by atoms with Gasteiger partial charge in [-0.15, -0.1) is 0 Å². The van der Waals surface area contributed by atoms with Crippen molar-refractivity contribution in [3.8, 4) is 0 Å². The fourth-order valence-electron chi connectivity index (χ4n) is 2.68. The molecule has 0 unspecified atom stereocenters. The lowest BCUT2D eigenvalue weighted by atomic mass is 9.95. The van der Waals surface area contributed by atoms with E-state index < -0.39 is 5.97 Å². The molecule has 0 aliphatic carbocycles. The minimum absolute atomic E-state index is 0.501. The standard InChI is InChI=1S/C16H21NO2/c1-11(2)17-8-4-5-14-10-13(6-7-15(14)17)12(3)9-16(18)19/h6-7,9-11H,4-5,8H2,1-3H3,(H,18,19)/b12-9-. The zero-order valence-electron chi connectivity index (χ0n) is 11.8. The number of carbonyl (C=O) groups is 1. The number of aliphatic carboxylic acids is 1. The Morgan fingerprint density at radius 1 is 1.42 bits per heavy atom. The van der Waals surface area contributed by atoms with Gasteiger partial charge in [0.2, 0.25) is 0 Å². The lowest BCUT2D eigenvalue weighted by Gasteiger charge is -2.35. The van der Waals surface area contributed by atoms with Crippen molar-refractivity contribution < 1.29 is 9.90 Å². The minimum atomic E-state index is -0.890. The van der Waals surface area contributed by atoms with Crippen LogP contribution in [0.25, 0.3) is 5.57 Å². The van der Waals surface area contributed by atoms with E-state index in [1.54, 1.807) is 0 Å².